The second-order valence-corrected chi connectivity index (χ2v) is 13.1. The lowest BCUT2D eigenvalue weighted by molar-refractivity contribution is -0.665. The average molecular weight is 606 g/mol. The van der Waals surface area contributed by atoms with Crippen molar-refractivity contribution in [3.8, 4) is 5.69 Å². The summed E-state index contributed by atoms with van der Waals surface area (Å²) >= 11 is 5.30. The molecule has 0 spiro atoms. The number of aromatic nitrogens is 5. The van der Waals surface area contributed by atoms with E-state index in [1.54, 1.807) is 11.8 Å². The van der Waals surface area contributed by atoms with Crippen LogP contribution in [0, 0.1) is 0 Å². The van der Waals surface area contributed by atoms with Crippen molar-refractivity contribution in [1.82, 2.24) is 20.2 Å². The van der Waals surface area contributed by atoms with E-state index < -0.39 is 0 Å². The normalized spacial score (nSPS) is 17.0. The van der Waals surface area contributed by atoms with Gasteiger partial charge in [-0.05, 0) is 89.5 Å². The van der Waals surface area contributed by atoms with Crippen LogP contribution >= 0.6 is 34.9 Å². The number of aryl methyl sites for hydroxylation is 1. The Labute approximate surface area is 257 Å². The Morgan fingerprint density at radius 1 is 0.929 bits per heavy atom. The maximum absolute atomic E-state index is 4.43. The Morgan fingerprint density at radius 2 is 1.74 bits per heavy atom. The van der Waals surface area contributed by atoms with Crippen LogP contribution in [-0.4, -0.2) is 27.3 Å². The van der Waals surface area contributed by atoms with Gasteiger partial charge in [0.25, 0.3) is 5.01 Å². The standard InChI is InChI=1S/C33H29N6S3/c1-3-38-27-14-8-10-16-29(27)41-31(38)22-20-24-18-17-23(19-21-30-37(2)26-13-7-9-15-28(26)40-30)32(24)42-33-34-35-36-39(33)25-11-5-4-6-12-25/h4-16,19-22H,3,17-18H2,1-2H3/q+1. The first-order chi connectivity index (χ1) is 20.7. The number of nitrogens with zero attached hydrogens (tertiary/aromatic N) is 6. The Hall–Kier alpha value is -3.92. The van der Waals surface area contributed by atoms with Crippen LogP contribution in [0.25, 0.3) is 22.0 Å². The fourth-order valence-electron chi connectivity index (χ4n) is 5.33. The summed E-state index contributed by atoms with van der Waals surface area (Å²) in [5, 5.41) is 16.0. The molecule has 1 aliphatic carbocycles. The van der Waals surface area contributed by atoms with E-state index in [1.807, 2.05) is 58.1 Å². The average Bonchev–Trinajstić information content (AvgIpc) is 3.80. The first-order valence-electron chi connectivity index (χ1n) is 14.0. The van der Waals surface area contributed by atoms with Gasteiger partial charge in [0, 0.05) is 29.0 Å². The van der Waals surface area contributed by atoms with E-state index in [-0.39, 0.29) is 0 Å². The van der Waals surface area contributed by atoms with Crippen molar-refractivity contribution in [2.75, 3.05) is 11.9 Å². The van der Waals surface area contributed by atoms with E-state index in [0.29, 0.717) is 0 Å². The number of hydrogen-bond acceptors (Lipinski definition) is 7. The molecule has 0 saturated carbocycles. The number of anilines is 1. The molecule has 2 aromatic heterocycles. The monoisotopic (exact) mass is 605 g/mol. The first kappa shape index (κ1) is 26.9. The zero-order valence-corrected chi connectivity index (χ0v) is 25.8. The van der Waals surface area contributed by atoms with Gasteiger partial charge >= 0.3 is 0 Å². The van der Waals surface area contributed by atoms with Crippen LogP contribution in [0.1, 0.15) is 24.8 Å². The van der Waals surface area contributed by atoms with Crippen molar-refractivity contribution < 1.29 is 4.57 Å². The van der Waals surface area contributed by atoms with Crippen molar-refractivity contribution in [2.45, 2.75) is 36.4 Å². The molecule has 6 nitrogen and oxygen atoms in total. The van der Waals surface area contributed by atoms with Crippen molar-refractivity contribution >= 4 is 56.8 Å². The van der Waals surface area contributed by atoms with E-state index in [1.165, 1.54) is 46.9 Å². The molecule has 0 fully saturated rings. The lowest BCUT2D eigenvalue weighted by atomic mass is 10.2. The van der Waals surface area contributed by atoms with Gasteiger partial charge in [0.1, 0.15) is 11.2 Å². The summed E-state index contributed by atoms with van der Waals surface area (Å²) in [6, 6.07) is 27.3. The molecule has 208 valence electrons. The summed E-state index contributed by atoms with van der Waals surface area (Å²) in [7, 11) is 2.14. The SMILES string of the molecule is CC[n+]1c(C=CC2=C(Sc3nnnn3-c3ccccc3)/C(=C/C=C3Sc4ccccc4N3C)CC2)sc2ccccc21. The molecular formula is C33H29N6S3+. The molecule has 3 heterocycles. The highest BCUT2D eigenvalue weighted by Gasteiger charge is 2.25. The van der Waals surface area contributed by atoms with Gasteiger partial charge in [0.2, 0.25) is 10.7 Å². The highest BCUT2D eigenvalue weighted by Crippen LogP contribution is 2.46. The lowest BCUT2D eigenvalue weighted by Crippen LogP contribution is -2.33. The van der Waals surface area contributed by atoms with E-state index in [2.05, 4.69) is 112 Å². The summed E-state index contributed by atoms with van der Waals surface area (Å²) < 4.78 is 5.52. The van der Waals surface area contributed by atoms with Crippen molar-refractivity contribution in [3.63, 3.8) is 0 Å². The predicted octanol–water partition coefficient (Wildman–Crippen LogP) is 8.05. The minimum Gasteiger partial charge on any atom is -0.338 e. The number of fused-ring (bicyclic) bond motifs is 2. The molecule has 0 bridgehead atoms. The van der Waals surface area contributed by atoms with Crippen LogP contribution in [0.15, 0.2) is 128 Å². The molecule has 0 saturated heterocycles. The number of hydrogen-bond donors (Lipinski definition) is 0. The predicted molar refractivity (Wildman–Crippen MR) is 175 cm³/mol. The van der Waals surface area contributed by atoms with Gasteiger partial charge < -0.3 is 4.90 Å². The van der Waals surface area contributed by atoms with Crippen LogP contribution in [0.4, 0.5) is 5.69 Å². The molecule has 7 rings (SSSR count). The number of allylic oxidation sites excluding steroid dienone is 5. The van der Waals surface area contributed by atoms with E-state index in [4.69, 9.17) is 0 Å². The first-order valence-corrected chi connectivity index (χ1v) is 16.4. The fourth-order valence-corrected chi connectivity index (χ4v) is 8.60. The van der Waals surface area contributed by atoms with Crippen LogP contribution < -0.4 is 9.47 Å². The topological polar surface area (TPSA) is 50.7 Å². The summed E-state index contributed by atoms with van der Waals surface area (Å²) in [6.45, 7) is 3.14. The fraction of sp³-hybridized carbons (Fsp3) is 0.152. The number of benzene rings is 3. The minimum absolute atomic E-state index is 0.757. The van der Waals surface area contributed by atoms with E-state index in [0.717, 1.165) is 30.2 Å². The molecular weight excluding hydrogens is 577 g/mol. The van der Waals surface area contributed by atoms with Gasteiger partial charge in [0.15, 0.2) is 0 Å². The summed E-state index contributed by atoms with van der Waals surface area (Å²) in [6.07, 6.45) is 11.1. The van der Waals surface area contributed by atoms with Crippen molar-refractivity contribution in [2.24, 2.45) is 0 Å². The van der Waals surface area contributed by atoms with E-state index in [9.17, 15) is 0 Å². The van der Waals surface area contributed by atoms with Gasteiger partial charge in [-0.2, -0.15) is 9.25 Å². The van der Waals surface area contributed by atoms with Crippen LogP contribution in [-0.2, 0) is 6.54 Å². The molecule has 0 radical (unpaired) electrons. The van der Waals surface area contributed by atoms with Gasteiger partial charge in [0.05, 0.1) is 16.4 Å². The Morgan fingerprint density at radius 3 is 2.60 bits per heavy atom. The third kappa shape index (κ3) is 5.12. The molecule has 0 N–H and O–H groups in total. The molecule has 0 unspecified atom stereocenters. The second kappa shape index (κ2) is 11.8. The van der Waals surface area contributed by atoms with Crippen LogP contribution in [0.2, 0.25) is 0 Å². The lowest BCUT2D eigenvalue weighted by Gasteiger charge is -2.13. The second-order valence-electron chi connectivity index (χ2n) is 9.98. The Bertz CT molecular complexity index is 1900. The molecule has 0 atom stereocenters. The zero-order chi connectivity index (χ0) is 28.5. The number of thiazole rings is 1. The van der Waals surface area contributed by atoms with Gasteiger partial charge in [-0.1, -0.05) is 77.7 Å². The molecule has 5 aromatic rings. The third-order valence-corrected chi connectivity index (χ3v) is 10.9. The van der Waals surface area contributed by atoms with Crippen molar-refractivity contribution in [3.05, 3.63) is 123 Å². The molecule has 9 heteroatoms. The highest BCUT2D eigenvalue weighted by atomic mass is 32.2. The largest absolute Gasteiger partial charge is 0.338 e. The maximum Gasteiger partial charge on any atom is 0.262 e. The Balaban J connectivity index is 1.27. The maximum atomic E-state index is 4.43. The Kier molecular flexibility index (Phi) is 7.54. The smallest absolute Gasteiger partial charge is 0.262 e. The number of thioether (sulfide) groups is 2. The minimum atomic E-state index is 0.757. The quantitative estimate of drug-likeness (QED) is 0.175. The zero-order valence-electron chi connectivity index (χ0n) is 23.3. The number of rotatable bonds is 7. The molecule has 3 aromatic carbocycles. The van der Waals surface area contributed by atoms with Gasteiger partial charge in [-0.25, -0.2) is 0 Å². The van der Waals surface area contributed by atoms with Gasteiger partial charge in [-0.3, -0.25) is 0 Å². The molecule has 2 aliphatic rings. The molecule has 0 amide bonds. The molecule has 42 heavy (non-hydrogen) atoms. The molecule has 1 aliphatic heterocycles. The summed E-state index contributed by atoms with van der Waals surface area (Å²) in [4.78, 5) is 4.78. The number of para-hydroxylation sites is 3. The summed E-state index contributed by atoms with van der Waals surface area (Å²) in [5.41, 5.74) is 6.10. The highest BCUT2D eigenvalue weighted by molar-refractivity contribution is 8.03. The van der Waals surface area contributed by atoms with Crippen molar-refractivity contribution in [1.29, 1.82) is 0 Å². The number of tetrazole rings is 1. The summed E-state index contributed by atoms with van der Waals surface area (Å²) in [5.74, 6) is 0. The third-order valence-electron chi connectivity index (χ3n) is 7.46. The van der Waals surface area contributed by atoms with Crippen LogP contribution in [0.5, 0.6) is 0 Å². The van der Waals surface area contributed by atoms with E-state index >= 15 is 0 Å². The van der Waals surface area contributed by atoms with Gasteiger partial charge in [-0.15, -0.1) is 5.10 Å². The van der Waals surface area contributed by atoms with Crippen LogP contribution in [0.3, 0.4) is 0 Å².